The Balaban J connectivity index is 0. The second-order valence-electron chi connectivity index (χ2n) is 2.11. The molecule has 0 amide bonds. The summed E-state index contributed by atoms with van der Waals surface area (Å²) in [6.07, 6.45) is 0.338. The van der Waals surface area contributed by atoms with Gasteiger partial charge in [0.15, 0.2) is 6.29 Å². The van der Waals surface area contributed by atoms with Gasteiger partial charge in [-0.2, -0.15) is 0 Å². The molecule has 5 nitrogen and oxygen atoms in total. The minimum Gasteiger partial charge on any atom is -0.744 e. The molecule has 0 aliphatic rings. The molecule has 0 atom stereocenters. The van der Waals surface area contributed by atoms with Crippen molar-refractivity contribution in [3.05, 3.63) is 29.8 Å². The number of hydrogen-bond acceptors (Lipinski definition) is 4. The van der Waals surface area contributed by atoms with Gasteiger partial charge in [-0.1, -0.05) is 18.2 Å². The first-order valence-corrected chi connectivity index (χ1v) is 4.46. The van der Waals surface area contributed by atoms with E-state index in [1.54, 1.807) is 0 Å². The molecule has 0 aromatic heterocycles. The summed E-state index contributed by atoms with van der Waals surface area (Å²) < 4.78 is 31.5. The standard InChI is InChI=1S/C7H6O4S.Na.H2O/c8-5-6-3-1-2-4-7(6)12(9,10)11;;/h1-5H,(H,9,10,11);;1H2/q;+1;/p-1. The van der Waals surface area contributed by atoms with Crippen LogP contribution in [0.5, 0.6) is 0 Å². The van der Waals surface area contributed by atoms with Crippen LogP contribution in [-0.2, 0) is 10.1 Å². The molecule has 0 saturated heterocycles. The van der Waals surface area contributed by atoms with Gasteiger partial charge in [0.2, 0.25) is 0 Å². The van der Waals surface area contributed by atoms with Gasteiger partial charge in [0.05, 0.1) is 4.90 Å². The van der Waals surface area contributed by atoms with Crippen molar-refractivity contribution in [3.63, 3.8) is 0 Å². The fraction of sp³-hybridized carbons (Fsp3) is 0. The summed E-state index contributed by atoms with van der Waals surface area (Å²) in [5.74, 6) is 0. The third kappa shape index (κ3) is 3.87. The maximum Gasteiger partial charge on any atom is 1.00 e. The van der Waals surface area contributed by atoms with Gasteiger partial charge < -0.3 is 10.0 Å². The molecule has 1 rings (SSSR count). The number of carbonyl (C=O) groups is 1. The second-order valence-corrected chi connectivity index (χ2v) is 3.46. The molecule has 0 unspecified atom stereocenters. The van der Waals surface area contributed by atoms with E-state index in [9.17, 15) is 17.8 Å². The van der Waals surface area contributed by atoms with Crippen LogP contribution in [0.3, 0.4) is 0 Å². The zero-order valence-electron chi connectivity index (χ0n) is 7.43. The van der Waals surface area contributed by atoms with E-state index < -0.39 is 15.0 Å². The average Bonchev–Trinajstić information content (AvgIpc) is 2.03. The van der Waals surface area contributed by atoms with Crippen molar-refractivity contribution in [1.82, 2.24) is 0 Å². The molecule has 0 aliphatic carbocycles. The van der Waals surface area contributed by atoms with Gasteiger partial charge in [0.25, 0.3) is 0 Å². The molecule has 0 saturated carbocycles. The normalized spacial score (nSPS) is 9.50. The van der Waals surface area contributed by atoms with Crippen molar-refractivity contribution < 1.29 is 52.8 Å². The number of benzene rings is 1. The van der Waals surface area contributed by atoms with E-state index in [1.165, 1.54) is 18.2 Å². The van der Waals surface area contributed by atoms with Crippen molar-refractivity contribution in [1.29, 1.82) is 0 Å². The summed E-state index contributed by atoms with van der Waals surface area (Å²) in [5, 5.41) is 0. The number of aldehydes is 1. The fourth-order valence-corrected chi connectivity index (χ4v) is 1.46. The Hall–Kier alpha value is -0.240. The largest absolute Gasteiger partial charge is 1.00 e. The van der Waals surface area contributed by atoms with Gasteiger partial charge in [-0.3, -0.25) is 4.79 Å². The monoisotopic (exact) mass is 226 g/mol. The van der Waals surface area contributed by atoms with E-state index in [0.29, 0.717) is 6.29 Å². The van der Waals surface area contributed by atoms with Crippen LogP contribution in [0, 0.1) is 0 Å². The minimum absolute atomic E-state index is 0. The molecule has 14 heavy (non-hydrogen) atoms. The summed E-state index contributed by atoms with van der Waals surface area (Å²) >= 11 is 0. The Labute approximate surface area is 103 Å². The SMILES string of the molecule is O.O=Cc1ccccc1S(=O)(=O)[O-].[Na+]. The first kappa shape index (κ1) is 16.2. The quantitative estimate of drug-likeness (QED) is 0.297. The maximum absolute atomic E-state index is 10.5. The van der Waals surface area contributed by atoms with Gasteiger partial charge in [0.1, 0.15) is 10.1 Å². The van der Waals surface area contributed by atoms with Crippen LogP contribution in [0.1, 0.15) is 10.4 Å². The molecular weight excluding hydrogens is 219 g/mol. The van der Waals surface area contributed by atoms with Crippen LogP contribution >= 0.6 is 0 Å². The zero-order valence-corrected chi connectivity index (χ0v) is 10.2. The van der Waals surface area contributed by atoms with E-state index >= 15 is 0 Å². The Morgan fingerprint density at radius 1 is 1.21 bits per heavy atom. The maximum atomic E-state index is 10.5. The van der Waals surface area contributed by atoms with E-state index in [-0.39, 0.29) is 40.6 Å². The second kappa shape index (κ2) is 6.28. The predicted octanol–water partition coefficient (Wildman–Crippen LogP) is -3.42. The van der Waals surface area contributed by atoms with E-state index in [4.69, 9.17) is 0 Å². The topological polar surface area (TPSA) is 106 Å². The first-order chi connectivity index (χ1) is 5.55. The Kier molecular flexibility index (Phi) is 7.27. The molecule has 1 aromatic carbocycles. The Morgan fingerprint density at radius 3 is 2.07 bits per heavy atom. The van der Waals surface area contributed by atoms with Crippen LogP contribution in [0.2, 0.25) is 0 Å². The first-order valence-electron chi connectivity index (χ1n) is 3.06. The smallest absolute Gasteiger partial charge is 0.744 e. The summed E-state index contributed by atoms with van der Waals surface area (Å²) in [6, 6.07) is 5.25. The average molecular weight is 226 g/mol. The minimum atomic E-state index is -4.53. The van der Waals surface area contributed by atoms with Crippen molar-refractivity contribution in [2.75, 3.05) is 0 Å². The molecule has 0 spiro atoms. The van der Waals surface area contributed by atoms with Crippen LogP contribution in [-0.4, -0.2) is 24.7 Å². The van der Waals surface area contributed by atoms with Gasteiger partial charge in [-0.05, 0) is 6.07 Å². The predicted molar refractivity (Wildman–Crippen MR) is 43.4 cm³/mol. The van der Waals surface area contributed by atoms with Gasteiger partial charge in [-0.15, -0.1) is 0 Å². The molecule has 0 fully saturated rings. The van der Waals surface area contributed by atoms with E-state index in [1.807, 2.05) is 0 Å². The zero-order chi connectivity index (χ0) is 9.19. The Bertz CT molecular complexity index is 400. The summed E-state index contributed by atoms with van der Waals surface area (Å²) in [5.41, 5.74) is -0.104. The summed E-state index contributed by atoms with van der Waals surface area (Å²) in [7, 11) is -4.53. The molecule has 72 valence electrons. The van der Waals surface area contributed by atoms with Gasteiger partial charge in [0, 0.05) is 5.56 Å². The molecule has 0 radical (unpaired) electrons. The van der Waals surface area contributed by atoms with Crippen LogP contribution in [0.4, 0.5) is 0 Å². The van der Waals surface area contributed by atoms with Crippen LogP contribution < -0.4 is 29.6 Å². The van der Waals surface area contributed by atoms with E-state index in [0.717, 1.165) is 6.07 Å². The number of rotatable bonds is 2. The van der Waals surface area contributed by atoms with Crippen molar-refractivity contribution in [2.24, 2.45) is 0 Å². The molecule has 7 heteroatoms. The molecule has 0 heterocycles. The van der Waals surface area contributed by atoms with Gasteiger partial charge >= 0.3 is 29.6 Å². The number of carbonyl (C=O) groups excluding carboxylic acids is 1. The number of hydrogen-bond donors (Lipinski definition) is 0. The molecule has 1 aromatic rings. The summed E-state index contributed by atoms with van der Waals surface area (Å²) in [4.78, 5) is 9.80. The molecular formula is C7H7NaO5S. The van der Waals surface area contributed by atoms with Crippen molar-refractivity contribution in [2.45, 2.75) is 4.90 Å². The van der Waals surface area contributed by atoms with E-state index in [2.05, 4.69) is 0 Å². The molecule has 0 bridgehead atoms. The Morgan fingerprint density at radius 2 is 1.71 bits per heavy atom. The fourth-order valence-electron chi connectivity index (χ4n) is 0.806. The summed E-state index contributed by atoms with van der Waals surface area (Å²) in [6.45, 7) is 0. The third-order valence-electron chi connectivity index (χ3n) is 1.32. The molecule has 0 aliphatic heterocycles. The van der Waals surface area contributed by atoms with Gasteiger partial charge in [-0.25, -0.2) is 8.42 Å². The third-order valence-corrected chi connectivity index (χ3v) is 2.23. The van der Waals surface area contributed by atoms with Crippen LogP contribution in [0.15, 0.2) is 29.2 Å². The van der Waals surface area contributed by atoms with Crippen molar-refractivity contribution >= 4 is 16.4 Å². The van der Waals surface area contributed by atoms with Crippen molar-refractivity contribution in [3.8, 4) is 0 Å². The van der Waals surface area contributed by atoms with Crippen LogP contribution in [0.25, 0.3) is 0 Å². The molecule has 2 N–H and O–H groups in total.